The van der Waals surface area contributed by atoms with Crippen molar-refractivity contribution < 1.29 is 43.0 Å². The zero-order valence-electron chi connectivity index (χ0n) is 24.1. The molecule has 0 aliphatic carbocycles. The Morgan fingerprint density at radius 3 is 2.15 bits per heavy atom. The van der Waals surface area contributed by atoms with Crippen LogP contribution in [-0.2, 0) is 38.2 Å². The molecule has 0 spiro atoms. The molecule has 232 valence electrons. The molecule has 1 aliphatic rings. The fraction of sp³-hybridized carbons (Fsp3) is 0.720. The third-order valence-electron chi connectivity index (χ3n) is 5.76. The van der Waals surface area contributed by atoms with E-state index in [-0.39, 0.29) is 24.8 Å². The van der Waals surface area contributed by atoms with Crippen molar-refractivity contribution in [2.24, 2.45) is 17.4 Å². The number of carbonyl (C=O) groups is 7. The van der Waals surface area contributed by atoms with Crippen LogP contribution in [-0.4, -0.2) is 95.2 Å². The maximum atomic E-state index is 13.3. The van der Waals surface area contributed by atoms with E-state index in [2.05, 4.69) is 33.3 Å². The van der Waals surface area contributed by atoms with Crippen molar-refractivity contribution in [3.05, 3.63) is 0 Å². The second kappa shape index (κ2) is 16.1. The van der Waals surface area contributed by atoms with E-state index in [0.717, 1.165) is 0 Å². The number of nitrogens with zero attached hydrogens (tertiary/aromatic N) is 1. The minimum absolute atomic E-state index is 0.0597. The number of amides is 5. The zero-order chi connectivity index (χ0) is 31.5. The van der Waals surface area contributed by atoms with Crippen LogP contribution in [0.2, 0.25) is 0 Å². The molecular formula is C25H42N6O9S. The average molecular weight is 603 g/mol. The van der Waals surface area contributed by atoms with Gasteiger partial charge in [0.1, 0.15) is 29.8 Å². The zero-order valence-corrected chi connectivity index (χ0v) is 25.0. The van der Waals surface area contributed by atoms with Gasteiger partial charge in [-0.25, -0.2) is 9.59 Å². The first kappa shape index (κ1) is 35.6. The van der Waals surface area contributed by atoms with Gasteiger partial charge in [0.25, 0.3) is 0 Å². The molecule has 0 unspecified atom stereocenters. The Labute approximate surface area is 244 Å². The van der Waals surface area contributed by atoms with Crippen molar-refractivity contribution in [1.29, 1.82) is 0 Å². The van der Waals surface area contributed by atoms with Crippen LogP contribution in [0.3, 0.4) is 0 Å². The number of rotatable bonds is 13. The molecular weight excluding hydrogens is 560 g/mol. The van der Waals surface area contributed by atoms with E-state index in [1.807, 2.05) is 13.8 Å². The first-order chi connectivity index (χ1) is 19.0. The van der Waals surface area contributed by atoms with Gasteiger partial charge in [0.15, 0.2) is 0 Å². The summed E-state index contributed by atoms with van der Waals surface area (Å²) in [6, 6.07) is -4.76. The van der Waals surface area contributed by atoms with E-state index in [9.17, 15) is 33.6 Å². The molecule has 7 N–H and O–H groups in total. The Balaban J connectivity index is 2.97. The van der Waals surface area contributed by atoms with Gasteiger partial charge in [0.2, 0.25) is 29.5 Å². The molecule has 1 rings (SSSR count). The third-order valence-corrected chi connectivity index (χ3v) is 6.12. The fourth-order valence-corrected chi connectivity index (χ4v) is 4.26. The van der Waals surface area contributed by atoms with Crippen molar-refractivity contribution in [3.63, 3.8) is 0 Å². The first-order valence-corrected chi connectivity index (χ1v) is 13.9. The second-order valence-electron chi connectivity index (χ2n) is 11.0. The Kier molecular flexibility index (Phi) is 14.0. The van der Waals surface area contributed by atoms with Crippen LogP contribution in [0.5, 0.6) is 0 Å². The SMILES string of the molecule is CC(C)C[C@H](NC(=O)CN)C(=O)N1CCC[C@H]1C(=O)N[C@H](CS)C(=O)N[C@@H](CC(N)=O)C(=O)OC(=O)OC(C)(C)C. The van der Waals surface area contributed by atoms with Gasteiger partial charge in [0.05, 0.1) is 13.0 Å². The number of primary amides is 1. The largest absolute Gasteiger partial charge is 0.516 e. The number of nitrogens with one attached hydrogen (secondary N) is 3. The van der Waals surface area contributed by atoms with Gasteiger partial charge in [-0.05, 0) is 46.0 Å². The lowest BCUT2D eigenvalue weighted by Gasteiger charge is -2.30. The van der Waals surface area contributed by atoms with Crippen molar-refractivity contribution >= 4 is 54.3 Å². The van der Waals surface area contributed by atoms with Crippen LogP contribution in [0.25, 0.3) is 0 Å². The molecule has 0 aromatic heterocycles. The molecule has 0 aromatic carbocycles. The quantitative estimate of drug-likeness (QED) is 0.0831. The summed E-state index contributed by atoms with van der Waals surface area (Å²) in [5.74, 6) is -4.94. The van der Waals surface area contributed by atoms with Gasteiger partial charge in [-0.3, -0.25) is 24.0 Å². The van der Waals surface area contributed by atoms with Crippen LogP contribution in [0.15, 0.2) is 0 Å². The Morgan fingerprint density at radius 2 is 1.63 bits per heavy atom. The molecule has 1 saturated heterocycles. The minimum Gasteiger partial charge on any atom is -0.428 e. The summed E-state index contributed by atoms with van der Waals surface area (Å²) < 4.78 is 9.48. The van der Waals surface area contributed by atoms with E-state index in [0.29, 0.717) is 19.3 Å². The van der Waals surface area contributed by atoms with E-state index in [4.69, 9.17) is 16.2 Å². The van der Waals surface area contributed by atoms with Crippen molar-refractivity contribution in [2.75, 3.05) is 18.8 Å². The molecule has 0 aromatic rings. The number of likely N-dealkylation sites (tertiary alicyclic amines) is 1. The molecule has 1 fully saturated rings. The maximum absolute atomic E-state index is 13.3. The smallest absolute Gasteiger partial charge is 0.428 e. The molecule has 41 heavy (non-hydrogen) atoms. The van der Waals surface area contributed by atoms with Crippen molar-refractivity contribution in [1.82, 2.24) is 20.9 Å². The minimum atomic E-state index is -1.65. The van der Waals surface area contributed by atoms with E-state index < -0.39 is 77.8 Å². The number of ether oxygens (including phenoxy) is 2. The monoisotopic (exact) mass is 602 g/mol. The lowest BCUT2D eigenvalue weighted by atomic mass is 10.0. The van der Waals surface area contributed by atoms with Gasteiger partial charge in [-0.2, -0.15) is 12.6 Å². The van der Waals surface area contributed by atoms with Crippen molar-refractivity contribution in [3.8, 4) is 0 Å². The summed E-state index contributed by atoms with van der Waals surface area (Å²) in [6.45, 7) is 8.36. The topological polar surface area (TPSA) is 229 Å². The average Bonchev–Trinajstić information content (AvgIpc) is 3.34. The summed E-state index contributed by atoms with van der Waals surface area (Å²) in [5.41, 5.74) is 9.59. The first-order valence-electron chi connectivity index (χ1n) is 13.2. The third kappa shape index (κ3) is 12.3. The van der Waals surface area contributed by atoms with Crippen LogP contribution in [0.1, 0.15) is 60.3 Å². The lowest BCUT2D eigenvalue weighted by Crippen LogP contribution is -2.58. The highest BCUT2D eigenvalue weighted by atomic mass is 32.1. The Hall–Kier alpha value is -3.40. The number of carbonyl (C=O) groups excluding carboxylic acids is 7. The van der Waals surface area contributed by atoms with E-state index >= 15 is 0 Å². The molecule has 4 atom stereocenters. The van der Waals surface area contributed by atoms with Gasteiger partial charge in [-0.15, -0.1) is 0 Å². The molecule has 1 aliphatic heterocycles. The Morgan fingerprint density at radius 1 is 1.00 bits per heavy atom. The number of esters is 1. The van der Waals surface area contributed by atoms with Crippen LogP contribution in [0, 0.1) is 5.92 Å². The summed E-state index contributed by atoms with van der Waals surface area (Å²) in [7, 11) is 0. The molecule has 0 bridgehead atoms. The lowest BCUT2D eigenvalue weighted by molar-refractivity contribution is -0.147. The standard InChI is InChI=1S/C25H42N6O9S/c1-13(2)9-14(28-19(33)11-26)22(36)31-8-6-7-17(31)21(35)30-16(12-41)20(34)29-15(10-18(27)32)23(37)39-24(38)40-25(3,4)5/h13-17,41H,6-12,26H2,1-5H3,(H2,27,32)(H,28,33)(H,29,34)(H,30,35)/t14-,15-,16+,17-/m0/s1. The maximum Gasteiger partial charge on any atom is 0.516 e. The van der Waals surface area contributed by atoms with Crippen molar-refractivity contribution in [2.45, 2.75) is 90.1 Å². The highest BCUT2D eigenvalue weighted by Gasteiger charge is 2.39. The van der Waals surface area contributed by atoms with E-state index in [1.165, 1.54) is 4.90 Å². The summed E-state index contributed by atoms with van der Waals surface area (Å²) in [6.07, 6.45) is -0.883. The number of thiol groups is 1. The molecule has 0 radical (unpaired) electrons. The highest BCUT2D eigenvalue weighted by molar-refractivity contribution is 7.80. The highest BCUT2D eigenvalue weighted by Crippen LogP contribution is 2.21. The predicted molar refractivity (Wildman–Crippen MR) is 149 cm³/mol. The molecule has 1 heterocycles. The second-order valence-corrected chi connectivity index (χ2v) is 11.4. The molecule has 5 amide bonds. The predicted octanol–water partition coefficient (Wildman–Crippen LogP) is -1.28. The molecule has 16 heteroatoms. The van der Waals surface area contributed by atoms with Crippen LogP contribution < -0.4 is 27.4 Å². The van der Waals surface area contributed by atoms with Crippen LogP contribution >= 0.6 is 12.6 Å². The number of nitrogens with two attached hydrogens (primary N) is 2. The normalized spacial score (nSPS) is 17.2. The summed E-state index contributed by atoms with van der Waals surface area (Å²) in [4.78, 5) is 88.5. The molecule has 0 saturated carbocycles. The summed E-state index contributed by atoms with van der Waals surface area (Å²) >= 11 is 4.10. The van der Waals surface area contributed by atoms with Crippen LogP contribution in [0.4, 0.5) is 4.79 Å². The molecule has 15 nitrogen and oxygen atoms in total. The van der Waals surface area contributed by atoms with E-state index in [1.54, 1.807) is 20.8 Å². The summed E-state index contributed by atoms with van der Waals surface area (Å²) in [5, 5.41) is 7.35. The number of hydrogen-bond donors (Lipinski definition) is 6. The van der Waals surface area contributed by atoms with Gasteiger partial charge >= 0.3 is 12.1 Å². The van der Waals surface area contributed by atoms with Gasteiger partial charge in [-0.1, -0.05) is 13.8 Å². The van der Waals surface area contributed by atoms with Gasteiger partial charge in [0, 0.05) is 12.3 Å². The number of hydrogen-bond acceptors (Lipinski definition) is 11. The van der Waals surface area contributed by atoms with Gasteiger partial charge < -0.3 is 41.8 Å². The fourth-order valence-electron chi connectivity index (χ4n) is 4.00. The Bertz CT molecular complexity index is 1000.